The predicted octanol–water partition coefficient (Wildman–Crippen LogP) is 3.39. The third-order valence-electron chi connectivity index (χ3n) is 2.04. The molecular formula is C11H8ClN3O2. The first kappa shape index (κ1) is 11.3. The summed E-state index contributed by atoms with van der Waals surface area (Å²) in [4.78, 5) is 14.2. The molecule has 0 radical (unpaired) electrons. The number of rotatable bonds is 3. The van der Waals surface area contributed by atoms with Crippen molar-refractivity contribution in [3.8, 4) is 0 Å². The largest absolute Gasteiger partial charge is 0.340 e. The first-order valence-electron chi connectivity index (χ1n) is 4.79. The van der Waals surface area contributed by atoms with Gasteiger partial charge in [-0.2, -0.15) is 0 Å². The van der Waals surface area contributed by atoms with E-state index in [4.69, 9.17) is 11.6 Å². The molecule has 0 saturated carbocycles. The van der Waals surface area contributed by atoms with E-state index in [1.54, 1.807) is 30.3 Å². The van der Waals surface area contributed by atoms with Crippen molar-refractivity contribution in [3.05, 3.63) is 57.7 Å². The number of hydrogen-bond donors (Lipinski definition) is 1. The van der Waals surface area contributed by atoms with E-state index in [9.17, 15) is 10.1 Å². The van der Waals surface area contributed by atoms with Gasteiger partial charge >= 0.3 is 0 Å². The van der Waals surface area contributed by atoms with Crippen LogP contribution in [0.1, 0.15) is 0 Å². The van der Waals surface area contributed by atoms with E-state index >= 15 is 0 Å². The molecule has 0 unspecified atom stereocenters. The molecule has 1 aromatic carbocycles. The molecule has 0 aliphatic carbocycles. The number of non-ortho nitro benzene ring substituents is 1. The van der Waals surface area contributed by atoms with Gasteiger partial charge in [0.25, 0.3) is 5.69 Å². The Balaban J connectivity index is 2.24. The van der Waals surface area contributed by atoms with Gasteiger partial charge in [0.05, 0.1) is 4.92 Å². The van der Waals surface area contributed by atoms with Crippen molar-refractivity contribution in [2.45, 2.75) is 0 Å². The van der Waals surface area contributed by atoms with E-state index in [0.29, 0.717) is 16.7 Å². The Kier molecular flexibility index (Phi) is 3.20. The van der Waals surface area contributed by atoms with Gasteiger partial charge in [0, 0.05) is 17.8 Å². The van der Waals surface area contributed by atoms with Crippen LogP contribution >= 0.6 is 11.6 Å². The van der Waals surface area contributed by atoms with Gasteiger partial charge in [-0.1, -0.05) is 23.7 Å². The molecule has 2 aromatic rings. The highest BCUT2D eigenvalue weighted by Gasteiger charge is 2.05. The molecule has 0 aliphatic rings. The second-order valence-electron chi connectivity index (χ2n) is 3.28. The highest BCUT2D eigenvalue weighted by atomic mass is 35.5. The maximum Gasteiger partial charge on any atom is 0.271 e. The molecule has 0 saturated heterocycles. The number of benzene rings is 1. The summed E-state index contributed by atoms with van der Waals surface area (Å²) in [5, 5.41) is 13.9. The van der Waals surface area contributed by atoms with Crippen LogP contribution in [-0.4, -0.2) is 9.91 Å². The number of nitro benzene ring substituents is 1. The minimum Gasteiger partial charge on any atom is -0.340 e. The number of halogens is 1. The maximum atomic E-state index is 10.6. The van der Waals surface area contributed by atoms with Gasteiger partial charge in [0.2, 0.25) is 0 Å². The van der Waals surface area contributed by atoms with Gasteiger partial charge in [-0.05, 0) is 18.2 Å². The lowest BCUT2D eigenvalue weighted by Crippen LogP contribution is -1.94. The number of nitrogens with one attached hydrogen (secondary N) is 1. The standard InChI is InChI=1S/C11H8ClN3O2/c12-10-5-2-6-11(14-10)13-8-3-1-4-9(7-8)15(16)17/h1-7H,(H,13,14). The van der Waals surface area contributed by atoms with Crippen molar-refractivity contribution in [2.24, 2.45) is 0 Å². The molecule has 0 bridgehead atoms. The van der Waals surface area contributed by atoms with E-state index in [-0.39, 0.29) is 5.69 Å². The van der Waals surface area contributed by atoms with Crippen molar-refractivity contribution in [3.63, 3.8) is 0 Å². The second kappa shape index (κ2) is 4.80. The number of nitrogens with zero attached hydrogens (tertiary/aromatic N) is 2. The number of aromatic nitrogens is 1. The minimum absolute atomic E-state index is 0.0250. The van der Waals surface area contributed by atoms with Crippen LogP contribution in [0, 0.1) is 10.1 Å². The van der Waals surface area contributed by atoms with Crippen molar-refractivity contribution < 1.29 is 4.92 Å². The number of pyridine rings is 1. The molecule has 1 aromatic heterocycles. The van der Waals surface area contributed by atoms with Crippen LogP contribution in [0.15, 0.2) is 42.5 Å². The molecule has 2 rings (SSSR count). The second-order valence-corrected chi connectivity index (χ2v) is 3.67. The van der Waals surface area contributed by atoms with Crippen LogP contribution in [0.4, 0.5) is 17.2 Å². The third kappa shape index (κ3) is 2.92. The van der Waals surface area contributed by atoms with Crippen molar-refractivity contribution in [2.75, 3.05) is 5.32 Å². The summed E-state index contributed by atoms with van der Waals surface area (Å²) in [5.74, 6) is 0.540. The highest BCUT2D eigenvalue weighted by molar-refractivity contribution is 6.29. The predicted molar refractivity (Wildman–Crippen MR) is 65.6 cm³/mol. The van der Waals surface area contributed by atoms with E-state index in [1.165, 1.54) is 12.1 Å². The molecule has 0 atom stereocenters. The van der Waals surface area contributed by atoms with Crippen LogP contribution in [0.5, 0.6) is 0 Å². The quantitative estimate of drug-likeness (QED) is 0.514. The fraction of sp³-hybridized carbons (Fsp3) is 0. The summed E-state index contributed by atoms with van der Waals surface area (Å²) in [6.45, 7) is 0. The summed E-state index contributed by atoms with van der Waals surface area (Å²) < 4.78 is 0. The summed E-state index contributed by atoms with van der Waals surface area (Å²) >= 11 is 5.73. The molecule has 0 aliphatic heterocycles. The molecule has 5 nitrogen and oxygen atoms in total. The average molecular weight is 250 g/mol. The Morgan fingerprint density at radius 1 is 1.24 bits per heavy atom. The van der Waals surface area contributed by atoms with Crippen molar-refractivity contribution in [1.82, 2.24) is 4.98 Å². The lowest BCUT2D eigenvalue weighted by Gasteiger charge is -2.05. The summed E-state index contributed by atoms with van der Waals surface area (Å²) in [6.07, 6.45) is 0. The maximum absolute atomic E-state index is 10.6. The number of hydrogen-bond acceptors (Lipinski definition) is 4. The lowest BCUT2D eigenvalue weighted by atomic mass is 10.3. The Morgan fingerprint density at radius 3 is 2.71 bits per heavy atom. The van der Waals surface area contributed by atoms with Gasteiger partial charge in [0.15, 0.2) is 0 Å². The first-order valence-corrected chi connectivity index (χ1v) is 5.17. The molecule has 1 N–H and O–H groups in total. The molecule has 0 fully saturated rings. The molecular weight excluding hydrogens is 242 g/mol. The molecule has 86 valence electrons. The SMILES string of the molecule is O=[N+]([O-])c1cccc(Nc2cccc(Cl)n2)c1. The normalized spacial score (nSPS) is 9.94. The Morgan fingerprint density at radius 2 is 2.00 bits per heavy atom. The Bertz CT molecular complexity index is 560. The number of anilines is 2. The van der Waals surface area contributed by atoms with Crippen LogP contribution < -0.4 is 5.32 Å². The zero-order valence-electron chi connectivity index (χ0n) is 8.63. The zero-order chi connectivity index (χ0) is 12.3. The smallest absolute Gasteiger partial charge is 0.271 e. The van der Waals surface area contributed by atoms with Crippen molar-refractivity contribution >= 4 is 28.8 Å². The Hall–Kier alpha value is -2.14. The summed E-state index contributed by atoms with van der Waals surface area (Å²) in [5.41, 5.74) is 0.617. The molecule has 1 heterocycles. The molecule has 0 spiro atoms. The molecule has 17 heavy (non-hydrogen) atoms. The van der Waals surface area contributed by atoms with Gasteiger partial charge in [-0.3, -0.25) is 10.1 Å². The van der Waals surface area contributed by atoms with Gasteiger partial charge in [-0.25, -0.2) is 4.98 Å². The first-order chi connectivity index (χ1) is 8.15. The fourth-order valence-electron chi connectivity index (χ4n) is 1.32. The third-order valence-corrected chi connectivity index (χ3v) is 2.25. The van der Waals surface area contributed by atoms with Crippen LogP contribution in [0.3, 0.4) is 0 Å². The molecule has 0 amide bonds. The average Bonchev–Trinajstić information content (AvgIpc) is 2.29. The minimum atomic E-state index is -0.448. The van der Waals surface area contributed by atoms with E-state index in [2.05, 4.69) is 10.3 Å². The zero-order valence-corrected chi connectivity index (χ0v) is 9.39. The van der Waals surface area contributed by atoms with E-state index < -0.39 is 4.92 Å². The topological polar surface area (TPSA) is 68.1 Å². The lowest BCUT2D eigenvalue weighted by molar-refractivity contribution is -0.384. The van der Waals surface area contributed by atoms with Crippen LogP contribution in [-0.2, 0) is 0 Å². The van der Waals surface area contributed by atoms with Crippen molar-refractivity contribution in [1.29, 1.82) is 0 Å². The van der Waals surface area contributed by atoms with Gasteiger partial charge in [0.1, 0.15) is 11.0 Å². The summed E-state index contributed by atoms with van der Waals surface area (Å²) in [6, 6.07) is 11.3. The van der Waals surface area contributed by atoms with E-state index in [1.807, 2.05) is 0 Å². The van der Waals surface area contributed by atoms with Crippen LogP contribution in [0.2, 0.25) is 5.15 Å². The molecule has 6 heteroatoms. The monoisotopic (exact) mass is 249 g/mol. The fourth-order valence-corrected chi connectivity index (χ4v) is 1.49. The van der Waals surface area contributed by atoms with Gasteiger partial charge in [-0.15, -0.1) is 0 Å². The van der Waals surface area contributed by atoms with E-state index in [0.717, 1.165) is 0 Å². The summed E-state index contributed by atoms with van der Waals surface area (Å²) in [7, 11) is 0. The van der Waals surface area contributed by atoms with Crippen LogP contribution in [0.25, 0.3) is 0 Å². The number of nitro groups is 1. The highest BCUT2D eigenvalue weighted by Crippen LogP contribution is 2.20. The Labute approximate surface area is 102 Å². The van der Waals surface area contributed by atoms with Gasteiger partial charge < -0.3 is 5.32 Å².